The normalized spacial score (nSPS) is 12.6. The van der Waals surface area contributed by atoms with Crippen LogP contribution in [-0.4, -0.2) is 36.6 Å². The van der Waals surface area contributed by atoms with Gasteiger partial charge in [0.25, 0.3) is 0 Å². The number of hydrogen-bond donors (Lipinski definition) is 0. The molecule has 0 radical (unpaired) electrons. The summed E-state index contributed by atoms with van der Waals surface area (Å²) in [5.41, 5.74) is 6.32. The average molecular weight is 399 g/mol. The van der Waals surface area contributed by atoms with Crippen molar-refractivity contribution >= 4 is 20.5 Å². The Labute approximate surface area is 153 Å². The number of nitrogens with zero attached hydrogens (tertiary/aromatic N) is 2. The van der Waals surface area contributed by atoms with Gasteiger partial charge in [-0.25, -0.2) is 0 Å². The number of benzene rings is 1. The molecule has 0 unspecified atom stereocenters. The molecule has 0 saturated carbocycles. The van der Waals surface area contributed by atoms with E-state index in [-0.39, 0.29) is 20.5 Å². The molecule has 2 aromatic heterocycles. The summed E-state index contributed by atoms with van der Waals surface area (Å²) in [4.78, 5) is 17.4. The molecule has 5 heteroatoms. The molecule has 0 atom stereocenters. The van der Waals surface area contributed by atoms with Crippen LogP contribution < -0.4 is 0 Å². The second-order valence-corrected chi connectivity index (χ2v) is 8.51. The van der Waals surface area contributed by atoms with Crippen molar-refractivity contribution in [3.8, 4) is 21.4 Å². The first-order valence-corrected chi connectivity index (χ1v) is 10.2. The van der Waals surface area contributed by atoms with Gasteiger partial charge in [-0.2, -0.15) is 0 Å². The van der Waals surface area contributed by atoms with Crippen LogP contribution in [0.5, 0.6) is 0 Å². The first-order chi connectivity index (χ1) is 12.1. The number of rotatable bonds is 3. The van der Waals surface area contributed by atoms with E-state index in [0.29, 0.717) is 12.3 Å². The summed E-state index contributed by atoms with van der Waals surface area (Å²) >= 11 is 0.265. The first kappa shape index (κ1) is 16.4. The van der Waals surface area contributed by atoms with Crippen LogP contribution in [0.2, 0.25) is 0 Å². The van der Waals surface area contributed by atoms with Crippen LogP contribution in [-0.2, 0) is 24.6 Å². The Morgan fingerprint density at radius 3 is 2.76 bits per heavy atom. The molecule has 0 fully saturated rings. The summed E-state index contributed by atoms with van der Waals surface area (Å²) in [6.45, 7) is 4.25. The van der Waals surface area contributed by atoms with E-state index in [1.54, 1.807) is 0 Å². The second-order valence-electron chi connectivity index (χ2n) is 6.23. The summed E-state index contributed by atoms with van der Waals surface area (Å²) < 4.78 is 9.90. The minimum atomic E-state index is -0.241. The Hall–Kier alpha value is -2.10. The van der Waals surface area contributed by atoms with Gasteiger partial charge in [-0.15, -0.1) is 0 Å². The molecule has 128 valence electrons. The van der Waals surface area contributed by atoms with E-state index in [1.807, 2.05) is 31.5 Å². The maximum atomic E-state index is 12.4. The average Bonchev–Trinajstić information content (AvgIpc) is 3.15. The fraction of sp³-hybridized carbons (Fsp3) is 0.300. The third-order valence-electron chi connectivity index (χ3n) is 4.77. The van der Waals surface area contributed by atoms with E-state index in [1.165, 1.54) is 20.3 Å². The number of carbonyl (C=O) groups excluding carboxylic acids is 1. The second kappa shape index (κ2) is 6.32. The predicted octanol–water partition coefficient (Wildman–Crippen LogP) is 3.39. The molecule has 1 aliphatic rings. The zero-order valence-electron chi connectivity index (χ0n) is 14.6. The monoisotopic (exact) mass is 400 g/mol. The first-order valence-electron chi connectivity index (χ1n) is 8.52. The molecule has 3 aromatic rings. The fourth-order valence-corrected chi connectivity index (χ4v) is 5.89. The Morgan fingerprint density at radius 2 is 2.04 bits per heavy atom. The van der Waals surface area contributed by atoms with Crippen LogP contribution in [0.25, 0.3) is 21.4 Å². The van der Waals surface area contributed by atoms with Gasteiger partial charge in [0.1, 0.15) is 0 Å². The molecule has 4 nitrogen and oxygen atoms in total. The summed E-state index contributed by atoms with van der Waals surface area (Å²) in [6, 6.07) is 10.4. The van der Waals surface area contributed by atoms with Crippen molar-refractivity contribution in [2.24, 2.45) is 7.05 Å². The van der Waals surface area contributed by atoms with Crippen molar-refractivity contribution in [2.45, 2.75) is 26.7 Å². The predicted molar refractivity (Wildman–Crippen MR) is 99.1 cm³/mol. The number of ether oxygens (including phenoxy) is 1. The van der Waals surface area contributed by atoms with E-state index in [4.69, 9.17) is 9.72 Å². The summed E-state index contributed by atoms with van der Waals surface area (Å²) in [5.74, 6) is -0.241. The van der Waals surface area contributed by atoms with Gasteiger partial charge in [-0.3, -0.25) is 0 Å². The summed E-state index contributed by atoms with van der Waals surface area (Å²) in [7, 11) is 1.96. The van der Waals surface area contributed by atoms with Gasteiger partial charge in [0, 0.05) is 0 Å². The third kappa shape index (κ3) is 2.59. The standard InChI is InChI=1S/C20H20N2O2Se/c1-4-24-20(23)18-12(2)16-14(22(18)3)10-11-15-17(16)21-19(25-15)13-8-6-5-7-9-13/h5-9H,4,10-11H2,1-3H3. The summed E-state index contributed by atoms with van der Waals surface area (Å²) in [6.07, 6.45) is 1.99. The molecule has 2 heterocycles. The number of carbonyl (C=O) groups is 1. The molecule has 0 aliphatic heterocycles. The molecular weight excluding hydrogens is 379 g/mol. The van der Waals surface area contributed by atoms with Crippen LogP contribution in [0, 0.1) is 6.92 Å². The quantitative estimate of drug-likeness (QED) is 0.501. The Bertz CT molecular complexity index is 954. The van der Waals surface area contributed by atoms with Gasteiger partial charge in [0.15, 0.2) is 0 Å². The third-order valence-corrected chi connectivity index (χ3v) is 7.21. The van der Waals surface area contributed by atoms with Crippen molar-refractivity contribution in [1.82, 2.24) is 9.55 Å². The van der Waals surface area contributed by atoms with Crippen molar-refractivity contribution in [1.29, 1.82) is 0 Å². The molecule has 1 aromatic carbocycles. The zero-order valence-corrected chi connectivity index (χ0v) is 16.3. The number of hydrogen-bond acceptors (Lipinski definition) is 3. The molecular formula is C20H20N2O2Se. The fourth-order valence-electron chi connectivity index (χ4n) is 3.64. The Kier molecular flexibility index (Phi) is 4.14. The molecule has 1 aliphatic carbocycles. The van der Waals surface area contributed by atoms with Gasteiger partial charge in [0.05, 0.1) is 0 Å². The van der Waals surface area contributed by atoms with E-state index in [0.717, 1.165) is 29.7 Å². The van der Waals surface area contributed by atoms with Crippen molar-refractivity contribution in [2.75, 3.05) is 6.61 Å². The van der Waals surface area contributed by atoms with E-state index >= 15 is 0 Å². The van der Waals surface area contributed by atoms with E-state index in [2.05, 4.69) is 24.3 Å². The molecule has 0 amide bonds. The van der Waals surface area contributed by atoms with Crippen molar-refractivity contribution in [3.05, 3.63) is 51.7 Å². The molecule has 0 bridgehead atoms. The van der Waals surface area contributed by atoms with Crippen molar-refractivity contribution < 1.29 is 9.53 Å². The molecule has 0 N–H and O–H groups in total. The molecule has 0 spiro atoms. The van der Waals surface area contributed by atoms with Gasteiger partial charge in [-0.05, 0) is 0 Å². The van der Waals surface area contributed by atoms with Crippen molar-refractivity contribution in [3.63, 3.8) is 0 Å². The van der Waals surface area contributed by atoms with Gasteiger partial charge in [0.2, 0.25) is 0 Å². The number of aromatic nitrogens is 2. The van der Waals surface area contributed by atoms with Crippen LogP contribution >= 0.6 is 0 Å². The Balaban J connectivity index is 1.86. The summed E-state index contributed by atoms with van der Waals surface area (Å²) in [5, 5.41) is 0. The number of fused-ring (bicyclic) bond motifs is 3. The van der Waals surface area contributed by atoms with Crippen LogP contribution in [0.1, 0.15) is 33.1 Å². The minimum absolute atomic E-state index is 0.241. The topological polar surface area (TPSA) is 44.1 Å². The van der Waals surface area contributed by atoms with Crippen LogP contribution in [0.3, 0.4) is 0 Å². The van der Waals surface area contributed by atoms with Gasteiger partial charge >= 0.3 is 153 Å². The van der Waals surface area contributed by atoms with Crippen LogP contribution in [0.15, 0.2) is 30.3 Å². The van der Waals surface area contributed by atoms with E-state index in [9.17, 15) is 4.79 Å². The maximum absolute atomic E-state index is 12.4. The van der Waals surface area contributed by atoms with Gasteiger partial charge < -0.3 is 0 Å². The zero-order chi connectivity index (χ0) is 17.6. The molecule has 0 saturated heterocycles. The van der Waals surface area contributed by atoms with Gasteiger partial charge in [-0.1, -0.05) is 0 Å². The number of aryl methyl sites for hydroxylation is 1. The van der Waals surface area contributed by atoms with E-state index < -0.39 is 0 Å². The number of esters is 1. The van der Waals surface area contributed by atoms with Crippen LogP contribution in [0.4, 0.5) is 0 Å². The molecule has 4 rings (SSSR count). The molecule has 25 heavy (non-hydrogen) atoms. The SMILES string of the molecule is CCOC(=O)c1c(C)c2c(n1C)CCc1[se]c(-c3ccccc3)nc1-2. The Morgan fingerprint density at radius 1 is 1.28 bits per heavy atom.